The summed E-state index contributed by atoms with van der Waals surface area (Å²) in [6.45, 7) is 2.67. The summed E-state index contributed by atoms with van der Waals surface area (Å²) < 4.78 is 0. The summed E-state index contributed by atoms with van der Waals surface area (Å²) in [5.41, 5.74) is 3.60. The van der Waals surface area contributed by atoms with Crippen LogP contribution in [0.5, 0.6) is 0 Å². The lowest BCUT2D eigenvalue weighted by Crippen LogP contribution is -2.09. The van der Waals surface area contributed by atoms with E-state index in [9.17, 15) is 9.59 Å². The van der Waals surface area contributed by atoms with Gasteiger partial charge in [-0.05, 0) is 30.7 Å². The van der Waals surface area contributed by atoms with Crippen molar-refractivity contribution in [3.05, 3.63) is 58.4 Å². The summed E-state index contributed by atoms with van der Waals surface area (Å²) in [6, 6.07) is 12.3. The van der Waals surface area contributed by atoms with Crippen LogP contribution in [-0.2, 0) is 0 Å². The fourth-order valence-electron chi connectivity index (χ4n) is 2.97. The number of carbonyl (C=O) groups is 1. The molecule has 0 atom stereocenters. The third kappa shape index (κ3) is 3.09. The molecule has 0 amide bonds. The third-order valence-corrected chi connectivity index (χ3v) is 4.30. The average Bonchev–Trinajstić information content (AvgIpc) is 3.18. The maximum Gasteiger partial charge on any atom is 0.335 e. The lowest BCUT2D eigenvalue weighted by molar-refractivity contribution is 0.0697. The van der Waals surface area contributed by atoms with Gasteiger partial charge in [0.1, 0.15) is 5.82 Å². The van der Waals surface area contributed by atoms with Crippen LogP contribution in [0.25, 0.3) is 33.7 Å². The summed E-state index contributed by atoms with van der Waals surface area (Å²) >= 11 is 0. The predicted octanol–water partition coefficient (Wildman–Crippen LogP) is 2.51. The van der Waals surface area contributed by atoms with Crippen LogP contribution in [0.3, 0.4) is 0 Å². The van der Waals surface area contributed by atoms with Crippen molar-refractivity contribution in [3.8, 4) is 22.5 Å². The van der Waals surface area contributed by atoms with Crippen LogP contribution >= 0.6 is 0 Å². The lowest BCUT2D eigenvalue weighted by atomic mass is 10.00. The van der Waals surface area contributed by atoms with Crippen LogP contribution in [0.4, 0.5) is 5.69 Å². The Morgan fingerprint density at radius 3 is 2.57 bits per heavy atom. The normalized spacial score (nSPS) is 10.9. The maximum absolute atomic E-state index is 12.1. The summed E-state index contributed by atoms with van der Waals surface area (Å²) in [7, 11) is 0. The number of benzene rings is 2. The van der Waals surface area contributed by atoms with Gasteiger partial charge in [0.15, 0.2) is 5.52 Å². The van der Waals surface area contributed by atoms with E-state index in [0.717, 1.165) is 16.8 Å². The van der Waals surface area contributed by atoms with Crippen molar-refractivity contribution in [1.29, 1.82) is 0 Å². The Kier molecular flexibility index (Phi) is 4.32. The fourth-order valence-corrected chi connectivity index (χ4v) is 2.97. The van der Waals surface area contributed by atoms with Gasteiger partial charge < -0.3 is 15.4 Å². The SMILES string of the molecule is CCNc1cc(-c2nc3n[nH]nc3c(=O)[nH]2)ccc1-c1ccc(C(=O)O)cc1. The van der Waals surface area contributed by atoms with Crippen LogP contribution in [-0.4, -0.2) is 43.0 Å². The molecule has 0 spiro atoms. The molecule has 0 saturated carbocycles. The first-order valence-electron chi connectivity index (χ1n) is 8.59. The van der Waals surface area contributed by atoms with E-state index in [1.54, 1.807) is 24.3 Å². The van der Waals surface area contributed by atoms with E-state index < -0.39 is 5.97 Å². The van der Waals surface area contributed by atoms with Crippen molar-refractivity contribution in [2.75, 3.05) is 11.9 Å². The molecule has 0 bridgehead atoms. The third-order valence-electron chi connectivity index (χ3n) is 4.30. The van der Waals surface area contributed by atoms with Crippen molar-refractivity contribution >= 4 is 22.8 Å². The highest BCUT2D eigenvalue weighted by molar-refractivity contribution is 5.89. The minimum Gasteiger partial charge on any atom is -0.478 e. The fraction of sp³-hybridized carbons (Fsp3) is 0.105. The van der Waals surface area contributed by atoms with Crippen molar-refractivity contribution in [2.45, 2.75) is 6.92 Å². The summed E-state index contributed by atoms with van der Waals surface area (Å²) in [5.74, 6) is -0.578. The highest BCUT2D eigenvalue weighted by atomic mass is 16.4. The average molecular weight is 376 g/mol. The maximum atomic E-state index is 12.1. The Hall–Kier alpha value is -4.01. The summed E-state index contributed by atoms with van der Waals surface area (Å²) in [6.07, 6.45) is 0. The van der Waals surface area contributed by atoms with E-state index >= 15 is 0 Å². The molecule has 0 saturated heterocycles. The molecule has 0 unspecified atom stereocenters. The molecule has 0 aliphatic rings. The molecule has 0 aliphatic heterocycles. The first kappa shape index (κ1) is 17.4. The van der Waals surface area contributed by atoms with Gasteiger partial charge in [-0.15, -0.1) is 10.2 Å². The number of anilines is 1. The van der Waals surface area contributed by atoms with Gasteiger partial charge in [-0.25, -0.2) is 9.78 Å². The van der Waals surface area contributed by atoms with Crippen molar-refractivity contribution < 1.29 is 9.90 Å². The number of hydrogen-bond acceptors (Lipinski definition) is 6. The zero-order valence-corrected chi connectivity index (χ0v) is 14.9. The first-order chi connectivity index (χ1) is 13.6. The molecule has 140 valence electrons. The number of H-pyrrole nitrogens is 2. The smallest absolute Gasteiger partial charge is 0.335 e. The Morgan fingerprint density at radius 1 is 1.11 bits per heavy atom. The molecule has 4 aromatic rings. The minimum atomic E-state index is -0.966. The van der Waals surface area contributed by atoms with Crippen LogP contribution in [0.1, 0.15) is 17.3 Å². The largest absolute Gasteiger partial charge is 0.478 e. The van der Waals surface area contributed by atoms with Crippen molar-refractivity contribution in [3.63, 3.8) is 0 Å². The minimum absolute atomic E-state index is 0.158. The molecule has 4 N–H and O–H groups in total. The molecule has 0 fully saturated rings. The van der Waals surface area contributed by atoms with Crippen LogP contribution in [0.2, 0.25) is 0 Å². The highest BCUT2D eigenvalue weighted by Crippen LogP contribution is 2.32. The zero-order chi connectivity index (χ0) is 19.7. The van der Waals surface area contributed by atoms with Crippen molar-refractivity contribution in [1.82, 2.24) is 25.4 Å². The van der Waals surface area contributed by atoms with E-state index in [1.165, 1.54) is 0 Å². The monoisotopic (exact) mass is 376 g/mol. The summed E-state index contributed by atoms with van der Waals surface area (Å²) in [4.78, 5) is 30.3. The number of aromatic amines is 2. The number of nitrogens with one attached hydrogen (secondary N) is 3. The number of fused-ring (bicyclic) bond motifs is 1. The number of aromatic carboxylic acids is 1. The van der Waals surface area contributed by atoms with Crippen LogP contribution in [0.15, 0.2) is 47.3 Å². The second-order valence-electron chi connectivity index (χ2n) is 6.08. The number of carboxylic acids is 1. The number of nitrogens with zero attached hydrogens (tertiary/aromatic N) is 3. The van der Waals surface area contributed by atoms with E-state index in [2.05, 4.69) is 30.7 Å². The van der Waals surface area contributed by atoms with E-state index in [-0.39, 0.29) is 22.3 Å². The molecule has 4 rings (SSSR count). The molecular formula is C19H16N6O3. The quantitative estimate of drug-likeness (QED) is 0.420. The standard InChI is InChI=1S/C19H16N6O3/c1-2-20-14-9-12(16-21-17-15(18(26)22-16)23-25-24-17)7-8-13(14)10-3-5-11(6-4-10)19(27)28/h3-9,20H,2H2,1H3,(H,27,28)(H2,21,22,23,24,25,26). The molecule has 9 nitrogen and oxygen atoms in total. The number of hydrogen-bond donors (Lipinski definition) is 4. The van der Waals surface area contributed by atoms with Gasteiger partial charge in [0, 0.05) is 23.4 Å². The number of rotatable bonds is 5. The van der Waals surface area contributed by atoms with E-state index in [0.29, 0.717) is 17.9 Å². The Bertz CT molecular complexity index is 1230. The number of aromatic nitrogens is 5. The number of carboxylic acid groups (broad SMARTS) is 1. The molecule has 2 heterocycles. The van der Waals surface area contributed by atoms with Gasteiger partial charge in [0.2, 0.25) is 5.65 Å². The molecule has 0 aliphatic carbocycles. The Balaban J connectivity index is 1.79. The van der Waals surface area contributed by atoms with Crippen LogP contribution in [0, 0.1) is 0 Å². The van der Waals surface area contributed by atoms with Gasteiger partial charge in [-0.3, -0.25) is 4.79 Å². The van der Waals surface area contributed by atoms with Gasteiger partial charge in [-0.2, -0.15) is 5.21 Å². The second-order valence-corrected chi connectivity index (χ2v) is 6.08. The Labute approximate surface area is 158 Å². The van der Waals surface area contributed by atoms with Gasteiger partial charge in [0.05, 0.1) is 5.56 Å². The molecule has 9 heteroatoms. The van der Waals surface area contributed by atoms with Gasteiger partial charge in [-0.1, -0.05) is 24.3 Å². The van der Waals surface area contributed by atoms with E-state index in [1.807, 2.05) is 25.1 Å². The topological polar surface area (TPSA) is 137 Å². The van der Waals surface area contributed by atoms with Crippen molar-refractivity contribution in [2.24, 2.45) is 0 Å². The first-order valence-corrected chi connectivity index (χ1v) is 8.59. The lowest BCUT2D eigenvalue weighted by Gasteiger charge is -2.13. The molecule has 2 aromatic heterocycles. The van der Waals surface area contributed by atoms with Crippen LogP contribution < -0.4 is 10.9 Å². The molecule has 2 aromatic carbocycles. The summed E-state index contributed by atoms with van der Waals surface area (Å²) in [5, 5.41) is 22.4. The Morgan fingerprint density at radius 2 is 1.86 bits per heavy atom. The molecule has 0 radical (unpaired) electrons. The van der Waals surface area contributed by atoms with E-state index in [4.69, 9.17) is 5.11 Å². The second kappa shape index (κ2) is 6.95. The molecule has 28 heavy (non-hydrogen) atoms. The molecular weight excluding hydrogens is 360 g/mol. The van der Waals surface area contributed by atoms with Gasteiger partial charge in [0.25, 0.3) is 5.56 Å². The highest BCUT2D eigenvalue weighted by Gasteiger charge is 2.12. The van der Waals surface area contributed by atoms with Gasteiger partial charge >= 0.3 is 5.97 Å². The predicted molar refractivity (Wildman–Crippen MR) is 104 cm³/mol. The zero-order valence-electron chi connectivity index (χ0n) is 14.9.